The van der Waals surface area contributed by atoms with Gasteiger partial charge >= 0.3 is 0 Å². The van der Waals surface area contributed by atoms with E-state index in [4.69, 9.17) is 5.73 Å². The van der Waals surface area contributed by atoms with Crippen LogP contribution in [-0.2, 0) is 11.3 Å². The first-order valence-corrected chi connectivity index (χ1v) is 7.89. The number of anilines is 1. The maximum absolute atomic E-state index is 12.0. The van der Waals surface area contributed by atoms with Crippen LogP contribution in [0.25, 0.3) is 0 Å². The molecule has 0 aromatic carbocycles. The van der Waals surface area contributed by atoms with Crippen molar-refractivity contribution in [3.05, 3.63) is 23.9 Å². The van der Waals surface area contributed by atoms with E-state index in [0.29, 0.717) is 6.54 Å². The first-order valence-electron chi connectivity index (χ1n) is 7.89. The Hall–Kier alpha value is -1.37. The highest BCUT2D eigenvalue weighted by Crippen LogP contribution is 2.18. The lowest BCUT2D eigenvalue weighted by atomic mass is 10.0. The molecule has 1 aliphatic heterocycles. The lowest BCUT2D eigenvalue weighted by Crippen LogP contribution is -2.46. The molecular weight excluding hydrogens is 314 g/mol. The molecule has 6 nitrogen and oxygen atoms in total. The second kappa shape index (κ2) is 9.05. The summed E-state index contributed by atoms with van der Waals surface area (Å²) < 4.78 is 0. The maximum Gasteiger partial charge on any atom is 0.237 e. The van der Waals surface area contributed by atoms with Crippen molar-refractivity contribution in [2.24, 2.45) is 11.7 Å². The largest absolute Gasteiger partial charge is 0.354 e. The Kier molecular flexibility index (Phi) is 7.75. The number of hydrogen-bond acceptors (Lipinski definition) is 5. The molecule has 2 heterocycles. The molecule has 1 aromatic heterocycles. The van der Waals surface area contributed by atoms with Crippen LogP contribution in [-0.4, -0.2) is 55.1 Å². The van der Waals surface area contributed by atoms with Gasteiger partial charge in [0.25, 0.3) is 0 Å². The Morgan fingerprint density at radius 1 is 1.35 bits per heavy atom. The van der Waals surface area contributed by atoms with Crippen LogP contribution in [0.5, 0.6) is 0 Å². The monoisotopic (exact) mass is 341 g/mol. The summed E-state index contributed by atoms with van der Waals surface area (Å²) in [6, 6.07) is 3.45. The molecule has 1 fully saturated rings. The number of pyridine rings is 1. The van der Waals surface area contributed by atoms with E-state index in [0.717, 1.165) is 37.6 Å². The molecule has 1 atom stereocenters. The molecule has 0 aliphatic carbocycles. The number of nitrogens with one attached hydrogen (secondary N) is 1. The third-order valence-corrected chi connectivity index (χ3v) is 4.14. The molecule has 0 spiro atoms. The van der Waals surface area contributed by atoms with Gasteiger partial charge in [-0.1, -0.05) is 19.9 Å². The van der Waals surface area contributed by atoms with E-state index in [9.17, 15) is 4.79 Å². The zero-order valence-electron chi connectivity index (χ0n) is 14.2. The number of hydrogen-bond donors (Lipinski definition) is 2. The Balaban J connectivity index is 0.00000264. The summed E-state index contributed by atoms with van der Waals surface area (Å²) in [6.45, 7) is 8.34. The fourth-order valence-electron chi connectivity index (χ4n) is 2.47. The van der Waals surface area contributed by atoms with Crippen LogP contribution in [0, 0.1) is 5.92 Å². The lowest BCUT2D eigenvalue weighted by Gasteiger charge is -2.34. The number of nitrogens with two attached hydrogens (primary N) is 1. The molecule has 2 rings (SSSR count). The minimum absolute atomic E-state index is 0. The van der Waals surface area contributed by atoms with Gasteiger partial charge in [0, 0.05) is 44.5 Å². The molecule has 23 heavy (non-hydrogen) atoms. The summed E-state index contributed by atoms with van der Waals surface area (Å²) in [4.78, 5) is 21.1. The van der Waals surface area contributed by atoms with Crippen molar-refractivity contribution in [3.63, 3.8) is 0 Å². The Bertz CT molecular complexity index is 503. The van der Waals surface area contributed by atoms with E-state index in [1.807, 2.05) is 26.0 Å². The van der Waals surface area contributed by atoms with Crippen molar-refractivity contribution < 1.29 is 4.79 Å². The first-order chi connectivity index (χ1) is 10.5. The van der Waals surface area contributed by atoms with Crippen molar-refractivity contribution in [2.45, 2.75) is 26.4 Å². The molecule has 1 aromatic rings. The summed E-state index contributed by atoms with van der Waals surface area (Å²) in [6.07, 6.45) is 1.80. The topological polar surface area (TPSA) is 74.5 Å². The molecule has 130 valence electrons. The highest BCUT2D eigenvalue weighted by molar-refractivity contribution is 5.85. The number of carbonyl (C=O) groups is 1. The van der Waals surface area contributed by atoms with Crippen LogP contribution in [0.4, 0.5) is 5.82 Å². The number of amides is 1. The summed E-state index contributed by atoms with van der Waals surface area (Å²) in [7, 11) is 2.13. The minimum atomic E-state index is -0.469. The van der Waals surface area contributed by atoms with Crippen molar-refractivity contribution >= 4 is 24.1 Å². The molecule has 3 N–H and O–H groups in total. The van der Waals surface area contributed by atoms with E-state index < -0.39 is 6.04 Å². The lowest BCUT2D eigenvalue weighted by molar-refractivity contribution is -0.123. The predicted molar refractivity (Wildman–Crippen MR) is 95.9 cm³/mol. The molecule has 1 saturated heterocycles. The number of piperazine rings is 1. The highest BCUT2D eigenvalue weighted by atomic mass is 35.5. The predicted octanol–water partition coefficient (Wildman–Crippen LogP) is 0.855. The number of carbonyl (C=O) groups excluding carboxylic acids is 1. The zero-order valence-corrected chi connectivity index (χ0v) is 15.0. The summed E-state index contributed by atoms with van der Waals surface area (Å²) in [5.41, 5.74) is 6.91. The highest BCUT2D eigenvalue weighted by Gasteiger charge is 2.20. The van der Waals surface area contributed by atoms with Gasteiger partial charge < -0.3 is 20.9 Å². The van der Waals surface area contributed by atoms with Crippen LogP contribution in [0.3, 0.4) is 0 Å². The molecule has 1 aliphatic rings. The molecule has 7 heteroatoms. The van der Waals surface area contributed by atoms with Gasteiger partial charge in [-0.3, -0.25) is 4.79 Å². The summed E-state index contributed by atoms with van der Waals surface area (Å²) >= 11 is 0. The first kappa shape index (κ1) is 19.7. The van der Waals surface area contributed by atoms with E-state index in [-0.39, 0.29) is 24.2 Å². The van der Waals surface area contributed by atoms with Crippen LogP contribution < -0.4 is 16.0 Å². The standard InChI is InChI=1S/C16H27N5O.ClH/c1-12(2)14(17)16(22)19-11-13-5-4-6-18-15(13)21-9-7-20(3)8-10-21;/h4-6,12,14H,7-11,17H2,1-3H3,(H,19,22);1H/t14-;/m0./s1. The van der Waals surface area contributed by atoms with Gasteiger partial charge in [-0.25, -0.2) is 4.98 Å². The Morgan fingerprint density at radius 2 is 2.00 bits per heavy atom. The van der Waals surface area contributed by atoms with E-state index in [1.54, 1.807) is 6.20 Å². The second-order valence-electron chi connectivity index (χ2n) is 6.26. The summed E-state index contributed by atoms with van der Waals surface area (Å²) in [5, 5.41) is 2.93. The number of aromatic nitrogens is 1. The molecule has 0 unspecified atom stereocenters. The number of likely N-dealkylation sites (N-methyl/N-ethyl adjacent to an activating group) is 1. The average Bonchev–Trinajstić information content (AvgIpc) is 2.53. The smallest absolute Gasteiger partial charge is 0.237 e. The maximum atomic E-state index is 12.0. The van der Waals surface area contributed by atoms with Gasteiger partial charge in [0.1, 0.15) is 5.82 Å². The van der Waals surface area contributed by atoms with Gasteiger partial charge in [-0.2, -0.15) is 0 Å². The normalized spacial score (nSPS) is 16.8. The third-order valence-electron chi connectivity index (χ3n) is 4.14. The third kappa shape index (κ3) is 5.34. The molecular formula is C16H28ClN5O. The second-order valence-corrected chi connectivity index (χ2v) is 6.26. The summed E-state index contributed by atoms with van der Waals surface area (Å²) in [5.74, 6) is 0.989. The quantitative estimate of drug-likeness (QED) is 0.830. The Morgan fingerprint density at radius 3 is 2.61 bits per heavy atom. The minimum Gasteiger partial charge on any atom is -0.354 e. The zero-order chi connectivity index (χ0) is 16.1. The van der Waals surface area contributed by atoms with Gasteiger partial charge in [-0.05, 0) is 19.0 Å². The van der Waals surface area contributed by atoms with E-state index in [2.05, 4.69) is 27.1 Å². The van der Waals surface area contributed by atoms with Crippen molar-refractivity contribution in [1.29, 1.82) is 0 Å². The van der Waals surface area contributed by atoms with Crippen LogP contribution in [0.1, 0.15) is 19.4 Å². The fourth-order valence-corrected chi connectivity index (χ4v) is 2.47. The van der Waals surface area contributed by atoms with E-state index >= 15 is 0 Å². The molecule has 0 saturated carbocycles. The van der Waals surface area contributed by atoms with Crippen molar-refractivity contribution in [1.82, 2.24) is 15.2 Å². The number of rotatable bonds is 5. The fraction of sp³-hybridized carbons (Fsp3) is 0.625. The van der Waals surface area contributed by atoms with Gasteiger partial charge in [0.2, 0.25) is 5.91 Å². The van der Waals surface area contributed by atoms with Gasteiger partial charge in [0.05, 0.1) is 6.04 Å². The molecule has 1 amide bonds. The van der Waals surface area contributed by atoms with Gasteiger partial charge in [0.15, 0.2) is 0 Å². The Labute approximate surface area is 144 Å². The molecule has 0 radical (unpaired) electrons. The van der Waals surface area contributed by atoms with Gasteiger partial charge in [-0.15, -0.1) is 12.4 Å². The SMILES string of the molecule is CC(C)[C@H](N)C(=O)NCc1cccnc1N1CCN(C)CC1.Cl. The van der Waals surface area contributed by atoms with Crippen LogP contribution in [0.2, 0.25) is 0 Å². The average molecular weight is 342 g/mol. The van der Waals surface area contributed by atoms with Crippen molar-refractivity contribution in [2.75, 3.05) is 38.1 Å². The van der Waals surface area contributed by atoms with Crippen LogP contribution >= 0.6 is 12.4 Å². The molecule has 0 bridgehead atoms. The van der Waals surface area contributed by atoms with Crippen LogP contribution in [0.15, 0.2) is 18.3 Å². The number of halogens is 1. The van der Waals surface area contributed by atoms with E-state index in [1.165, 1.54) is 0 Å². The van der Waals surface area contributed by atoms with Crippen molar-refractivity contribution in [3.8, 4) is 0 Å². The number of nitrogens with zero attached hydrogens (tertiary/aromatic N) is 3.